The number of imidazole rings is 1. The van der Waals surface area contributed by atoms with Crippen LogP contribution in [0.3, 0.4) is 0 Å². The van der Waals surface area contributed by atoms with Gasteiger partial charge in [-0.15, -0.1) is 0 Å². The highest BCUT2D eigenvalue weighted by molar-refractivity contribution is 5.77. The summed E-state index contributed by atoms with van der Waals surface area (Å²) in [7, 11) is 0. The lowest BCUT2D eigenvalue weighted by Crippen LogP contribution is -2.37. The molecule has 0 bridgehead atoms. The van der Waals surface area contributed by atoms with E-state index in [1.165, 1.54) is 0 Å². The smallest absolute Gasteiger partial charge is 0.223 e. The predicted octanol–water partition coefficient (Wildman–Crippen LogP) is 3.41. The van der Waals surface area contributed by atoms with E-state index in [-0.39, 0.29) is 17.8 Å². The molecule has 3 aromatic rings. The summed E-state index contributed by atoms with van der Waals surface area (Å²) >= 11 is 0. The van der Waals surface area contributed by atoms with Gasteiger partial charge in [0.25, 0.3) is 0 Å². The number of aromatic hydroxyl groups is 1. The molecular formula is C22H25N3O3. The van der Waals surface area contributed by atoms with Crippen LogP contribution in [0, 0.1) is 0 Å². The maximum Gasteiger partial charge on any atom is 0.223 e. The van der Waals surface area contributed by atoms with Gasteiger partial charge in [-0.1, -0.05) is 30.3 Å². The average Bonchev–Trinajstić information content (AvgIpc) is 3.36. The molecule has 146 valence electrons. The van der Waals surface area contributed by atoms with Crippen molar-refractivity contribution in [1.82, 2.24) is 14.9 Å². The largest absolute Gasteiger partial charge is 0.508 e. The standard InChI is InChI=1S/C22H25N3O3/c26-20-10-4-1-6-16(20)14-25(15-17-7-5-13-28-17)22(27)12-11-21-23-18-8-2-3-9-19(18)24-21/h1-4,6,8-10,17,26H,5,7,11-15H2,(H,23,24). The molecule has 4 rings (SSSR count). The number of aromatic nitrogens is 2. The second-order valence-electron chi connectivity index (χ2n) is 7.24. The molecule has 2 aromatic carbocycles. The Bertz CT molecular complexity index is 914. The summed E-state index contributed by atoms with van der Waals surface area (Å²) in [5, 5.41) is 10.1. The van der Waals surface area contributed by atoms with Gasteiger partial charge in [0.05, 0.1) is 17.1 Å². The predicted molar refractivity (Wildman–Crippen MR) is 107 cm³/mol. The summed E-state index contributed by atoms with van der Waals surface area (Å²) in [6, 6.07) is 15.0. The fourth-order valence-corrected chi connectivity index (χ4v) is 3.65. The van der Waals surface area contributed by atoms with Crippen LogP contribution in [0.4, 0.5) is 0 Å². The molecule has 0 spiro atoms. The van der Waals surface area contributed by atoms with Gasteiger partial charge in [-0.25, -0.2) is 4.98 Å². The van der Waals surface area contributed by atoms with E-state index in [4.69, 9.17) is 4.74 Å². The zero-order valence-corrected chi connectivity index (χ0v) is 15.8. The fraction of sp³-hybridized carbons (Fsp3) is 0.364. The van der Waals surface area contributed by atoms with Gasteiger partial charge in [0.15, 0.2) is 0 Å². The number of phenols is 1. The molecule has 0 aliphatic carbocycles. The van der Waals surface area contributed by atoms with Crippen molar-refractivity contribution in [3.05, 3.63) is 59.9 Å². The maximum atomic E-state index is 13.0. The molecule has 0 saturated carbocycles. The molecule has 2 heterocycles. The summed E-state index contributed by atoms with van der Waals surface area (Å²) in [6.07, 6.45) is 2.98. The number of hydrogen-bond acceptors (Lipinski definition) is 4. The Morgan fingerprint density at radius 2 is 2.04 bits per heavy atom. The zero-order chi connectivity index (χ0) is 19.3. The molecule has 2 N–H and O–H groups in total. The van der Waals surface area contributed by atoms with Crippen LogP contribution in [-0.2, 0) is 22.5 Å². The van der Waals surface area contributed by atoms with Crippen molar-refractivity contribution < 1.29 is 14.6 Å². The summed E-state index contributed by atoms with van der Waals surface area (Å²) in [5.74, 6) is 1.07. The van der Waals surface area contributed by atoms with Gasteiger partial charge in [0.2, 0.25) is 5.91 Å². The number of aryl methyl sites for hydroxylation is 1. The molecular weight excluding hydrogens is 354 g/mol. The summed E-state index contributed by atoms with van der Waals surface area (Å²) in [4.78, 5) is 22.6. The quantitative estimate of drug-likeness (QED) is 0.659. The molecule has 1 aliphatic heterocycles. The van der Waals surface area contributed by atoms with E-state index >= 15 is 0 Å². The Labute approximate surface area is 164 Å². The first-order valence-corrected chi connectivity index (χ1v) is 9.79. The number of rotatable bonds is 7. The molecule has 0 radical (unpaired) electrons. The van der Waals surface area contributed by atoms with Crippen molar-refractivity contribution in [2.75, 3.05) is 13.2 Å². The van der Waals surface area contributed by atoms with E-state index in [1.807, 2.05) is 36.4 Å². The lowest BCUT2D eigenvalue weighted by atomic mass is 10.1. The Kier molecular flexibility index (Phi) is 5.58. The highest BCUT2D eigenvalue weighted by Gasteiger charge is 2.23. The van der Waals surface area contributed by atoms with Gasteiger partial charge >= 0.3 is 0 Å². The average molecular weight is 379 g/mol. The van der Waals surface area contributed by atoms with Crippen LogP contribution in [0.5, 0.6) is 5.75 Å². The number of hydrogen-bond donors (Lipinski definition) is 2. The van der Waals surface area contributed by atoms with Crippen LogP contribution in [-0.4, -0.2) is 45.1 Å². The molecule has 1 fully saturated rings. The molecule has 1 saturated heterocycles. The van der Waals surface area contributed by atoms with Crippen LogP contribution in [0.15, 0.2) is 48.5 Å². The van der Waals surface area contributed by atoms with Crippen molar-refractivity contribution >= 4 is 16.9 Å². The number of para-hydroxylation sites is 3. The molecule has 1 aliphatic rings. The molecule has 6 heteroatoms. The van der Waals surface area contributed by atoms with Crippen LogP contribution < -0.4 is 0 Å². The van der Waals surface area contributed by atoms with Crippen molar-refractivity contribution in [3.63, 3.8) is 0 Å². The lowest BCUT2D eigenvalue weighted by Gasteiger charge is -2.26. The van der Waals surface area contributed by atoms with E-state index in [0.717, 1.165) is 41.9 Å². The minimum absolute atomic E-state index is 0.0409. The highest BCUT2D eigenvalue weighted by atomic mass is 16.5. The van der Waals surface area contributed by atoms with Crippen molar-refractivity contribution in [3.8, 4) is 5.75 Å². The number of nitrogens with one attached hydrogen (secondary N) is 1. The topological polar surface area (TPSA) is 78.5 Å². The number of carbonyl (C=O) groups is 1. The summed E-state index contributed by atoms with van der Waals surface area (Å²) < 4.78 is 5.73. The number of ether oxygens (including phenoxy) is 1. The second-order valence-corrected chi connectivity index (χ2v) is 7.24. The van der Waals surface area contributed by atoms with Crippen LogP contribution in [0.1, 0.15) is 30.7 Å². The van der Waals surface area contributed by atoms with E-state index in [1.54, 1.807) is 17.0 Å². The summed E-state index contributed by atoms with van der Waals surface area (Å²) in [5.41, 5.74) is 2.64. The van der Waals surface area contributed by atoms with Gasteiger partial charge in [0, 0.05) is 38.1 Å². The van der Waals surface area contributed by atoms with Crippen LogP contribution in [0.2, 0.25) is 0 Å². The number of nitrogens with zero attached hydrogens (tertiary/aromatic N) is 2. The zero-order valence-electron chi connectivity index (χ0n) is 15.8. The second kappa shape index (κ2) is 8.44. The molecule has 6 nitrogen and oxygen atoms in total. The van der Waals surface area contributed by atoms with Crippen molar-refractivity contribution in [2.45, 2.75) is 38.3 Å². The monoisotopic (exact) mass is 379 g/mol. The van der Waals surface area contributed by atoms with E-state index in [2.05, 4.69) is 9.97 Å². The number of benzene rings is 2. The number of fused-ring (bicyclic) bond motifs is 1. The van der Waals surface area contributed by atoms with Gasteiger partial charge in [-0.2, -0.15) is 0 Å². The normalized spacial score (nSPS) is 16.5. The SMILES string of the molecule is O=C(CCc1nc2ccccc2[nH]1)N(Cc1ccccc1O)CC1CCCO1. The number of aromatic amines is 1. The van der Waals surface area contributed by atoms with Crippen LogP contribution >= 0.6 is 0 Å². The third kappa shape index (κ3) is 4.34. The van der Waals surface area contributed by atoms with Crippen LogP contribution in [0.25, 0.3) is 11.0 Å². The fourth-order valence-electron chi connectivity index (χ4n) is 3.65. The molecule has 1 unspecified atom stereocenters. The molecule has 1 amide bonds. The van der Waals surface area contributed by atoms with Crippen molar-refractivity contribution in [1.29, 1.82) is 0 Å². The molecule has 28 heavy (non-hydrogen) atoms. The third-order valence-corrected chi connectivity index (χ3v) is 5.17. The first-order chi connectivity index (χ1) is 13.7. The minimum atomic E-state index is 0.0409. The third-order valence-electron chi connectivity index (χ3n) is 5.17. The highest BCUT2D eigenvalue weighted by Crippen LogP contribution is 2.21. The van der Waals surface area contributed by atoms with E-state index < -0.39 is 0 Å². The Morgan fingerprint density at radius 1 is 1.21 bits per heavy atom. The number of carbonyl (C=O) groups excluding carboxylic acids is 1. The minimum Gasteiger partial charge on any atom is -0.508 e. The van der Waals surface area contributed by atoms with Crippen molar-refractivity contribution in [2.24, 2.45) is 0 Å². The number of H-pyrrole nitrogens is 1. The van der Waals surface area contributed by atoms with E-state index in [0.29, 0.717) is 25.9 Å². The molecule has 1 aromatic heterocycles. The summed E-state index contributed by atoms with van der Waals surface area (Å²) in [6.45, 7) is 1.68. The van der Waals surface area contributed by atoms with Gasteiger partial charge in [-0.3, -0.25) is 4.79 Å². The van der Waals surface area contributed by atoms with Gasteiger partial charge < -0.3 is 19.7 Å². The molecule has 1 atom stereocenters. The lowest BCUT2D eigenvalue weighted by molar-refractivity contribution is -0.133. The van der Waals surface area contributed by atoms with E-state index in [9.17, 15) is 9.90 Å². The van der Waals surface area contributed by atoms with Gasteiger partial charge in [0.1, 0.15) is 11.6 Å². The number of amides is 1. The Balaban J connectivity index is 1.44. The Morgan fingerprint density at radius 3 is 2.82 bits per heavy atom. The first-order valence-electron chi connectivity index (χ1n) is 9.79. The first kappa shape index (κ1) is 18.5. The Hall–Kier alpha value is -2.86. The maximum absolute atomic E-state index is 13.0. The van der Waals surface area contributed by atoms with Gasteiger partial charge in [-0.05, 0) is 31.0 Å². The number of phenolic OH excluding ortho intramolecular Hbond substituents is 1.